The second-order valence-electron chi connectivity index (χ2n) is 4.78. The van der Waals surface area contributed by atoms with Crippen LogP contribution in [0.15, 0.2) is 42.5 Å². The Morgan fingerprint density at radius 3 is 2.62 bits per heavy atom. The van der Waals surface area contributed by atoms with Gasteiger partial charge < -0.3 is 15.4 Å². The van der Waals surface area contributed by atoms with Crippen LogP contribution in [0.5, 0.6) is 11.5 Å². The van der Waals surface area contributed by atoms with E-state index in [2.05, 4.69) is 10.6 Å². The van der Waals surface area contributed by atoms with Crippen molar-refractivity contribution in [1.29, 1.82) is 0 Å². The Labute approximate surface area is 121 Å². The highest BCUT2D eigenvalue weighted by Gasteiger charge is 2.29. The summed E-state index contributed by atoms with van der Waals surface area (Å²) in [5, 5.41) is 5.96. The van der Waals surface area contributed by atoms with E-state index in [4.69, 9.17) is 4.74 Å². The van der Waals surface area contributed by atoms with Crippen LogP contribution in [0.3, 0.4) is 0 Å². The first kappa shape index (κ1) is 13.6. The van der Waals surface area contributed by atoms with Crippen molar-refractivity contribution in [3.8, 4) is 11.5 Å². The minimum Gasteiger partial charge on any atom is -0.457 e. The van der Waals surface area contributed by atoms with Crippen LogP contribution in [0.1, 0.15) is 18.5 Å². The predicted molar refractivity (Wildman–Crippen MR) is 78.0 cm³/mol. The van der Waals surface area contributed by atoms with Crippen LogP contribution < -0.4 is 15.4 Å². The molecule has 0 saturated heterocycles. The highest BCUT2D eigenvalue weighted by molar-refractivity contribution is 6.02. The molecule has 4 nitrogen and oxygen atoms in total. The summed E-state index contributed by atoms with van der Waals surface area (Å²) in [4.78, 5) is 11.9. The van der Waals surface area contributed by atoms with Gasteiger partial charge in [0.25, 0.3) is 0 Å². The van der Waals surface area contributed by atoms with Crippen molar-refractivity contribution in [1.82, 2.24) is 5.32 Å². The summed E-state index contributed by atoms with van der Waals surface area (Å²) in [6.07, 6.45) is 0. The standard InChI is InChI=1S/C16H15FN2O2/c1-2-18-15-13-8-7-12(9-14(13)19-16(15)20)21-11-5-3-10(17)4-6-11/h3-9,15,18H,2H2,1H3,(H,19,20). The zero-order chi connectivity index (χ0) is 14.8. The van der Waals surface area contributed by atoms with Crippen molar-refractivity contribution in [3.63, 3.8) is 0 Å². The number of rotatable bonds is 4. The van der Waals surface area contributed by atoms with E-state index in [1.807, 2.05) is 13.0 Å². The number of carbonyl (C=O) groups excluding carboxylic acids is 1. The molecule has 2 N–H and O–H groups in total. The van der Waals surface area contributed by atoms with Crippen LogP contribution in [0, 0.1) is 5.82 Å². The SMILES string of the molecule is CCNC1C(=O)Nc2cc(Oc3ccc(F)cc3)ccc21. The van der Waals surface area contributed by atoms with Crippen molar-refractivity contribution in [2.45, 2.75) is 13.0 Å². The maximum Gasteiger partial charge on any atom is 0.246 e. The van der Waals surface area contributed by atoms with Gasteiger partial charge in [-0.1, -0.05) is 13.0 Å². The van der Waals surface area contributed by atoms with E-state index in [0.717, 1.165) is 11.3 Å². The Morgan fingerprint density at radius 1 is 1.19 bits per heavy atom. The van der Waals surface area contributed by atoms with Crippen LogP contribution in [0.2, 0.25) is 0 Å². The maximum absolute atomic E-state index is 12.9. The molecular weight excluding hydrogens is 271 g/mol. The third-order valence-electron chi connectivity index (χ3n) is 3.31. The van der Waals surface area contributed by atoms with Gasteiger partial charge in [-0.2, -0.15) is 0 Å². The zero-order valence-electron chi connectivity index (χ0n) is 11.5. The van der Waals surface area contributed by atoms with E-state index in [1.54, 1.807) is 24.3 Å². The molecule has 2 aromatic rings. The van der Waals surface area contributed by atoms with Crippen LogP contribution in [0.4, 0.5) is 10.1 Å². The molecule has 0 saturated carbocycles. The van der Waals surface area contributed by atoms with E-state index in [0.29, 0.717) is 18.0 Å². The summed E-state index contributed by atoms with van der Waals surface area (Å²) >= 11 is 0. The number of amides is 1. The number of fused-ring (bicyclic) bond motifs is 1. The molecule has 0 fully saturated rings. The number of ether oxygens (including phenoxy) is 1. The first-order valence-electron chi connectivity index (χ1n) is 6.79. The Hall–Kier alpha value is -2.40. The normalized spacial score (nSPS) is 16.5. The van der Waals surface area contributed by atoms with Crippen molar-refractivity contribution in [3.05, 3.63) is 53.8 Å². The molecule has 3 rings (SSSR count). The molecule has 21 heavy (non-hydrogen) atoms. The monoisotopic (exact) mass is 286 g/mol. The third kappa shape index (κ3) is 2.73. The van der Waals surface area contributed by atoms with Crippen molar-refractivity contribution >= 4 is 11.6 Å². The van der Waals surface area contributed by atoms with Gasteiger partial charge in [0, 0.05) is 17.3 Å². The van der Waals surface area contributed by atoms with E-state index in [1.165, 1.54) is 12.1 Å². The number of hydrogen-bond donors (Lipinski definition) is 2. The summed E-state index contributed by atoms with van der Waals surface area (Å²) in [5.74, 6) is 0.768. The minimum absolute atomic E-state index is 0.0641. The molecule has 0 aliphatic carbocycles. The molecule has 5 heteroatoms. The first-order valence-corrected chi connectivity index (χ1v) is 6.79. The molecule has 108 valence electrons. The number of benzene rings is 2. The molecule has 1 amide bonds. The van der Waals surface area contributed by atoms with E-state index >= 15 is 0 Å². The average molecular weight is 286 g/mol. The largest absolute Gasteiger partial charge is 0.457 e. The topological polar surface area (TPSA) is 50.4 Å². The number of hydrogen-bond acceptors (Lipinski definition) is 3. The van der Waals surface area contributed by atoms with E-state index in [9.17, 15) is 9.18 Å². The summed E-state index contributed by atoms with van der Waals surface area (Å²) in [7, 11) is 0. The van der Waals surface area contributed by atoms with Crippen molar-refractivity contribution in [2.24, 2.45) is 0 Å². The summed E-state index contributed by atoms with van der Waals surface area (Å²) in [6.45, 7) is 2.67. The molecule has 1 atom stereocenters. The Morgan fingerprint density at radius 2 is 1.90 bits per heavy atom. The lowest BCUT2D eigenvalue weighted by atomic mass is 10.1. The van der Waals surface area contributed by atoms with Gasteiger partial charge in [0.05, 0.1) is 0 Å². The molecule has 1 aliphatic rings. The zero-order valence-corrected chi connectivity index (χ0v) is 11.5. The first-order chi connectivity index (χ1) is 10.2. The quantitative estimate of drug-likeness (QED) is 0.907. The summed E-state index contributed by atoms with van der Waals surface area (Å²) in [5.41, 5.74) is 1.65. The van der Waals surface area contributed by atoms with Crippen LogP contribution in [-0.2, 0) is 4.79 Å². The molecule has 0 bridgehead atoms. The Kier molecular flexibility index (Phi) is 3.58. The molecule has 0 radical (unpaired) electrons. The lowest BCUT2D eigenvalue weighted by Gasteiger charge is -2.10. The third-order valence-corrected chi connectivity index (χ3v) is 3.31. The maximum atomic E-state index is 12.9. The highest BCUT2D eigenvalue weighted by Crippen LogP contribution is 2.35. The van der Waals surface area contributed by atoms with Gasteiger partial charge in [0.2, 0.25) is 5.91 Å². The van der Waals surface area contributed by atoms with Crippen LogP contribution >= 0.6 is 0 Å². The second kappa shape index (κ2) is 5.54. The molecule has 1 heterocycles. The fourth-order valence-corrected chi connectivity index (χ4v) is 2.35. The van der Waals surface area contributed by atoms with Gasteiger partial charge in [-0.05, 0) is 36.9 Å². The molecule has 0 aromatic heterocycles. The van der Waals surface area contributed by atoms with Gasteiger partial charge in [-0.25, -0.2) is 4.39 Å². The lowest BCUT2D eigenvalue weighted by molar-refractivity contribution is -0.117. The van der Waals surface area contributed by atoms with Gasteiger partial charge in [-0.15, -0.1) is 0 Å². The molecular formula is C16H15FN2O2. The van der Waals surface area contributed by atoms with Crippen molar-refractivity contribution < 1.29 is 13.9 Å². The predicted octanol–water partition coefficient (Wildman–Crippen LogP) is 3.22. The van der Waals surface area contributed by atoms with Gasteiger partial charge in [0.1, 0.15) is 23.4 Å². The molecule has 2 aromatic carbocycles. The summed E-state index contributed by atoms with van der Waals surface area (Å²) in [6, 6.07) is 10.9. The second-order valence-corrected chi connectivity index (χ2v) is 4.78. The fourth-order valence-electron chi connectivity index (χ4n) is 2.35. The minimum atomic E-state index is -0.315. The molecule has 1 unspecified atom stereocenters. The smallest absolute Gasteiger partial charge is 0.246 e. The molecule has 1 aliphatic heterocycles. The van der Waals surface area contributed by atoms with E-state index < -0.39 is 0 Å². The lowest BCUT2D eigenvalue weighted by Crippen LogP contribution is -2.27. The number of halogens is 1. The van der Waals surface area contributed by atoms with Crippen LogP contribution in [-0.4, -0.2) is 12.5 Å². The van der Waals surface area contributed by atoms with Gasteiger partial charge in [-0.3, -0.25) is 4.79 Å². The number of anilines is 1. The Balaban J connectivity index is 1.82. The van der Waals surface area contributed by atoms with Gasteiger partial charge in [0.15, 0.2) is 0 Å². The summed E-state index contributed by atoms with van der Waals surface area (Å²) < 4.78 is 18.5. The highest BCUT2D eigenvalue weighted by atomic mass is 19.1. The molecule has 0 spiro atoms. The van der Waals surface area contributed by atoms with E-state index in [-0.39, 0.29) is 17.8 Å². The van der Waals surface area contributed by atoms with Crippen molar-refractivity contribution in [2.75, 3.05) is 11.9 Å². The number of carbonyl (C=O) groups is 1. The average Bonchev–Trinajstić information content (AvgIpc) is 2.78. The van der Waals surface area contributed by atoms with Crippen LogP contribution in [0.25, 0.3) is 0 Å². The fraction of sp³-hybridized carbons (Fsp3) is 0.188. The Bertz CT molecular complexity index is 670. The number of nitrogens with one attached hydrogen (secondary N) is 2. The van der Waals surface area contributed by atoms with Gasteiger partial charge >= 0.3 is 0 Å². The number of likely N-dealkylation sites (N-methyl/N-ethyl adjacent to an activating group) is 1.